The van der Waals surface area contributed by atoms with E-state index >= 15 is 0 Å². The van der Waals surface area contributed by atoms with Gasteiger partial charge in [0.05, 0.1) is 22.8 Å². The Kier molecular flexibility index (Phi) is 5.00. The molecular weight excluding hydrogens is 412 g/mol. The topological polar surface area (TPSA) is 68.2 Å². The summed E-state index contributed by atoms with van der Waals surface area (Å²) >= 11 is 6.22. The van der Waals surface area contributed by atoms with Crippen molar-refractivity contribution in [3.8, 4) is 5.75 Å². The first-order valence-corrected chi connectivity index (χ1v) is 10.5. The van der Waals surface area contributed by atoms with E-state index in [1.165, 1.54) is 5.56 Å². The van der Waals surface area contributed by atoms with Crippen LogP contribution in [0.25, 0.3) is 11.0 Å². The lowest BCUT2D eigenvalue weighted by Gasteiger charge is -2.21. The maximum Gasteiger partial charge on any atom is 0.262 e. The normalized spacial score (nSPS) is 13.9. The maximum absolute atomic E-state index is 11.6. The molecule has 2 heterocycles. The minimum absolute atomic E-state index is 0.0439. The molecule has 1 amide bonds. The van der Waals surface area contributed by atoms with Crippen molar-refractivity contribution in [3.05, 3.63) is 83.1 Å². The molecule has 0 saturated heterocycles. The van der Waals surface area contributed by atoms with Crippen LogP contribution in [0.1, 0.15) is 24.4 Å². The van der Waals surface area contributed by atoms with Crippen LogP contribution in [-0.2, 0) is 11.3 Å². The zero-order valence-corrected chi connectivity index (χ0v) is 17.7. The summed E-state index contributed by atoms with van der Waals surface area (Å²) in [4.78, 5) is 16.5. The van der Waals surface area contributed by atoms with Gasteiger partial charge in [0.2, 0.25) is 0 Å². The van der Waals surface area contributed by atoms with Gasteiger partial charge >= 0.3 is 0 Å². The lowest BCUT2D eigenvalue weighted by Crippen LogP contribution is -2.25. The Bertz CT molecular complexity index is 1270. The molecule has 5 rings (SSSR count). The molecule has 156 valence electrons. The molecule has 6 nitrogen and oxygen atoms in total. The van der Waals surface area contributed by atoms with Gasteiger partial charge in [-0.25, -0.2) is 4.98 Å². The van der Waals surface area contributed by atoms with E-state index in [2.05, 4.69) is 34.3 Å². The van der Waals surface area contributed by atoms with Crippen molar-refractivity contribution in [1.82, 2.24) is 9.55 Å². The minimum atomic E-state index is -0.153. The van der Waals surface area contributed by atoms with Crippen molar-refractivity contribution in [2.75, 3.05) is 17.2 Å². The Hall–Kier alpha value is -3.51. The van der Waals surface area contributed by atoms with E-state index in [1.54, 1.807) is 0 Å². The highest BCUT2D eigenvalue weighted by Gasteiger charge is 2.20. The zero-order chi connectivity index (χ0) is 21.4. The summed E-state index contributed by atoms with van der Waals surface area (Å²) in [5, 5.41) is 7.01. The van der Waals surface area contributed by atoms with Crippen molar-refractivity contribution >= 4 is 39.9 Å². The number of amides is 1. The second kappa shape index (κ2) is 7.96. The van der Waals surface area contributed by atoms with Crippen molar-refractivity contribution in [2.45, 2.75) is 19.5 Å². The highest BCUT2D eigenvalue weighted by atomic mass is 35.5. The molecule has 1 atom stereocenters. The molecule has 0 saturated carbocycles. The van der Waals surface area contributed by atoms with Crippen LogP contribution in [0, 0.1) is 0 Å². The number of carbonyl (C=O) groups is 1. The van der Waals surface area contributed by atoms with E-state index in [0.717, 1.165) is 22.5 Å². The summed E-state index contributed by atoms with van der Waals surface area (Å²) in [5.41, 5.74) is 4.62. The second-order valence-electron chi connectivity index (χ2n) is 7.59. The van der Waals surface area contributed by atoms with E-state index in [0.29, 0.717) is 23.0 Å². The number of ether oxygens (including phenoxy) is 1. The zero-order valence-electron chi connectivity index (χ0n) is 16.9. The maximum atomic E-state index is 11.6. The Morgan fingerprint density at radius 2 is 2.00 bits per heavy atom. The van der Waals surface area contributed by atoms with Gasteiger partial charge in [0.15, 0.2) is 6.61 Å². The molecule has 0 fully saturated rings. The number of imidazole rings is 1. The Morgan fingerprint density at radius 3 is 2.84 bits per heavy atom. The highest BCUT2D eigenvalue weighted by Crippen LogP contribution is 2.32. The highest BCUT2D eigenvalue weighted by molar-refractivity contribution is 6.31. The number of aromatic nitrogens is 2. The Morgan fingerprint density at radius 1 is 1.16 bits per heavy atom. The Balaban J connectivity index is 1.49. The number of hydrogen-bond donors (Lipinski definition) is 2. The van der Waals surface area contributed by atoms with E-state index in [4.69, 9.17) is 21.3 Å². The molecule has 3 aromatic carbocycles. The van der Waals surface area contributed by atoms with Gasteiger partial charge in [-0.3, -0.25) is 4.79 Å². The summed E-state index contributed by atoms with van der Waals surface area (Å²) in [7, 11) is 0. The van der Waals surface area contributed by atoms with E-state index in [-0.39, 0.29) is 18.6 Å². The van der Waals surface area contributed by atoms with Crippen LogP contribution in [0.5, 0.6) is 5.75 Å². The molecule has 0 radical (unpaired) electrons. The number of benzene rings is 3. The molecule has 31 heavy (non-hydrogen) atoms. The first kappa shape index (κ1) is 19.5. The number of nitrogens with one attached hydrogen (secondary N) is 2. The van der Waals surface area contributed by atoms with Crippen LogP contribution in [0.15, 0.2) is 66.7 Å². The number of anilines is 2. The van der Waals surface area contributed by atoms with E-state index in [9.17, 15) is 4.79 Å². The SMILES string of the molecule is CC(Nc1ccc2c(c1)NC(=O)CO2)c1nc2cc(Cl)ccc2n1Cc1ccccc1. The van der Waals surface area contributed by atoms with Crippen LogP contribution in [0.2, 0.25) is 5.02 Å². The molecule has 1 aromatic heterocycles. The van der Waals surface area contributed by atoms with Crippen LogP contribution in [0.3, 0.4) is 0 Å². The van der Waals surface area contributed by atoms with Crippen molar-refractivity contribution < 1.29 is 9.53 Å². The quantitative estimate of drug-likeness (QED) is 0.452. The van der Waals surface area contributed by atoms with Gasteiger partial charge in [-0.15, -0.1) is 0 Å². The fourth-order valence-corrected chi connectivity index (χ4v) is 4.04. The second-order valence-corrected chi connectivity index (χ2v) is 8.03. The van der Waals surface area contributed by atoms with Crippen LogP contribution >= 0.6 is 11.6 Å². The number of carbonyl (C=O) groups excluding carboxylic acids is 1. The summed E-state index contributed by atoms with van der Waals surface area (Å²) in [6.07, 6.45) is 0. The van der Waals surface area contributed by atoms with Crippen LogP contribution < -0.4 is 15.4 Å². The smallest absolute Gasteiger partial charge is 0.262 e. The molecule has 2 N–H and O–H groups in total. The van der Waals surface area contributed by atoms with Crippen molar-refractivity contribution in [3.63, 3.8) is 0 Å². The predicted molar refractivity (Wildman–Crippen MR) is 123 cm³/mol. The van der Waals surface area contributed by atoms with Crippen LogP contribution in [-0.4, -0.2) is 22.1 Å². The van der Waals surface area contributed by atoms with Gasteiger partial charge in [0.1, 0.15) is 11.6 Å². The molecular formula is C24H21ClN4O2. The van der Waals surface area contributed by atoms with Gasteiger partial charge in [0.25, 0.3) is 5.91 Å². The monoisotopic (exact) mass is 432 g/mol. The van der Waals surface area contributed by atoms with Gasteiger partial charge in [0, 0.05) is 17.3 Å². The molecule has 1 aliphatic heterocycles. The molecule has 1 aliphatic rings. The molecule has 1 unspecified atom stereocenters. The summed E-state index contributed by atoms with van der Waals surface area (Å²) in [5.74, 6) is 1.42. The van der Waals surface area contributed by atoms with Gasteiger partial charge in [-0.05, 0) is 48.9 Å². The first-order valence-electron chi connectivity index (χ1n) is 10.1. The third-order valence-corrected chi connectivity index (χ3v) is 5.54. The van der Waals surface area contributed by atoms with E-state index in [1.807, 2.05) is 54.6 Å². The Labute approximate surface area is 184 Å². The largest absolute Gasteiger partial charge is 0.482 e. The number of halogens is 1. The molecule has 4 aromatic rings. The third kappa shape index (κ3) is 3.94. The lowest BCUT2D eigenvalue weighted by atomic mass is 10.2. The van der Waals surface area contributed by atoms with Crippen LogP contribution in [0.4, 0.5) is 11.4 Å². The standard InChI is InChI=1S/C24H21ClN4O2/c1-15(26-18-8-10-22-20(12-18)27-23(30)14-31-22)24-28-19-11-17(25)7-9-21(19)29(24)13-16-5-3-2-4-6-16/h2-12,15,26H,13-14H2,1H3,(H,27,30). The van der Waals surface area contributed by atoms with Crippen molar-refractivity contribution in [1.29, 1.82) is 0 Å². The summed E-state index contributed by atoms with van der Waals surface area (Å²) in [6, 6.07) is 21.7. The summed E-state index contributed by atoms with van der Waals surface area (Å²) < 4.78 is 7.66. The first-order chi connectivity index (χ1) is 15.1. The average Bonchev–Trinajstić information content (AvgIpc) is 3.11. The minimum Gasteiger partial charge on any atom is -0.482 e. The number of rotatable bonds is 5. The average molecular weight is 433 g/mol. The fourth-order valence-electron chi connectivity index (χ4n) is 3.87. The van der Waals surface area contributed by atoms with Gasteiger partial charge < -0.3 is 19.9 Å². The molecule has 0 spiro atoms. The van der Waals surface area contributed by atoms with Gasteiger partial charge in [-0.2, -0.15) is 0 Å². The molecule has 0 aliphatic carbocycles. The molecule has 7 heteroatoms. The number of hydrogen-bond acceptors (Lipinski definition) is 4. The van der Waals surface area contributed by atoms with Gasteiger partial charge in [-0.1, -0.05) is 41.9 Å². The van der Waals surface area contributed by atoms with E-state index < -0.39 is 0 Å². The lowest BCUT2D eigenvalue weighted by molar-refractivity contribution is -0.118. The van der Waals surface area contributed by atoms with Crippen molar-refractivity contribution in [2.24, 2.45) is 0 Å². The molecule has 0 bridgehead atoms. The predicted octanol–water partition coefficient (Wildman–Crippen LogP) is 5.24. The summed E-state index contributed by atoms with van der Waals surface area (Å²) in [6.45, 7) is 2.81. The number of fused-ring (bicyclic) bond motifs is 2. The fraction of sp³-hybridized carbons (Fsp3) is 0.167. The third-order valence-electron chi connectivity index (χ3n) is 5.31. The number of nitrogens with zero attached hydrogens (tertiary/aromatic N) is 2.